The Morgan fingerprint density at radius 1 is 1.16 bits per heavy atom. The summed E-state index contributed by atoms with van der Waals surface area (Å²) in [5.41, 5.74) is 7.00. The molecule has 0 radical (unpaired) electrons. The lowest BCUT2D eigenvalue weighted by Crippen LogP contribution is -2.43. The molecule has 0 bridgehead atoms. The van der Waals surface area contributed by atoms with Crippen LogP contribution in [0.1, 0.15) is 43.7 Å². The minimum Gasteiger partial charge on any atom is -0.343 e. The van der Waals surface area contributed by atoms with Crippen LogP contribution in [0.25, 0.3) is 0 Å². The van der Waals surface area contributed by atoms with E-state index in [2.05, 4.69) is 0 Å². The molecule has 2 fully saturated rings. The van der Waals surface area contributed by atoms with E-state index >= 15 is 0 Å². The smallest absolute Gasteiger partial charge is 0.244 e. The van der Waals surface area contributed by atoms with Crippen molar-refractivity contribution in [1.29, 1.82) is 0 Å². The van der Waals surface area contributed by atoms with E-state index in [4.69, 9.17) is 5.73 Å². The second kappa shape index (κ2) is 9.20. The predicted molar refractivity (Wildman–Crippen MR) is 100 cm³/mol. The molecule has 0 spiro atoms. The molecule has 1 atom stereocenters. The Kier molecular flexibility index (Phi) is 7.26. The Bertz CT molecular complexity index is 573. The molecular formula is C19H28ClN3O2. The van der Waals surface area contributed by atoms with E-state index in [0.29, 0.717) is 18.2 Å². The monoisotopic (exact) mass is 365 g/mol. The van der Waals surface area contributed by atoms with Gasteiger partial charge in [-0.2, -0.15) is 0 Å². The van der Waals surface area contributed by atoms with Crippen molar-refractivity contribution in [2.24, 2.45) is 11.7 Å². The SMILES string of the molecule is Cl.N[C@@H](C(=O)N1CCC(CCN2CCCC2=O)CC1)c1ccccc1. The summed E-state index contributed by atoms with van der Waals surface area (Å²) in [4.78, 5) is 28.1. The Hall–Kier alpha value is -1.59. The average molecular weight is 366 g/mol. The molecule has 138 valence electrons. The summed E-state index contributed by atoms with van der Waals surface area (Å²) in [6, 6.07) is 9.00. The van der Waals surface area contributed by atoms with Crippen molar-refractivity contribution in [1.82, 2.24) is 9.80 Å². The maximum absolute atomic E-state index is 12.6. The fraction of sp³-hybridized carbons (Fsp3) is 0.579. The summed E-state index contributed by atoms with van der Waals surface area (Å²) in [7, 11) is 0. The molecule has 2 aliphatic rings. The van der Waals surface area contributed by atoms with Crippen LogP contribution < -0.4 is 5.73 Å². The maximum Gasteiger partial charge on any atom is 0.244 e. The number of nitrogens with zero attached hydrogens (tertiary/aromatic N) is 2. The number of carbonyl (C=O) groups excluding carboxylic acids is 2. The number of amides is 2. The van der Waals surface area contributed by atoms with Gasteiger partial charge in [0.15, 0.2) is 0 Å². The third-order valence-electron chi connectivity index (χ3n) is 5.33. The van der Waals surface area contributed by atoms with Gasteiger partial charge in [-0.15, -0.1) is 12.4 Å². The quantitative estimate of drug-likeness (QED) is 0.871. The molecule has 2 N–H and O–H groups in total. The molecule has 6 heteroatoms. The van der Waals surface area contributed by atoms with Gasteiger partial charge in [0.05, 0.1) is 0 Å². The molecule has 0 saturated carbocycles. The summed E-state index contributed by atoms with van der Waals surface area (Å²) in [5.74, 6) is 0.932. The first-order valence-corrected chi connectivity index (χ1v) is 9.02. The fourth-order valence-electron chi connectivity index (χ4n) is 3.72. The Balaban J connectivity index is 0.00000225. The van der Waals surface area contributed by atoms with Gasteiger partial charge < -0.3 is 15.5 Å². The van der Waals surface area contributed by atoms with Gasteiger partial charge in [-0.25, -0.2) is 0 Å². The van der Waals surface area contributed by atoms with Crippen LogP contribution in [0.3, 0.4) is 0 Å². The molecule has 0 aromatic heterocycles. The van der Waals surface area contributed by atoms with Gasteiger partial charge >= 0.3 is 0 Å². The summed E-state index contributed by atoms with van der Waals surface area (Å²) in [6.45, 7) is 3.35. The van der Waals surface area contributed by atoms with Crippen molar-refractivity contribution in [3.63, 3.8) is 0 Å². The zero-order chi connectivity index (χ0) is 16.9. The second-order valence-corrected chi connectivity index (χ2v) is 6.93. The number of halogens is 1. The average Bonchev–Trinajstić information content (AvgIpc) is 3.05. The van der Waals surface area contributed by atoms with E-state index in [1.54, 1.807) is 0 Å². The van der Waals surface area contributed by atoms with Gasteiger partial charge in [-0.1, -0.05) is 30.3 Å². The number of rotatable bonds is 5. The van der Waals surface area contributed by atoms with Crippen molar-refractivity contribution >= 4 is 24.2 Å². The lowest BCUT2D eigenvalue weighted by Gasteiger charge is -2.34. The number of carbonyl (C=O) groups is 2. The third kappa shape index (κ3) is 4.95. The zero-order valence-corrected chi connectivity index (χ0v) is 15.4. The molecule has 2 amide bonds. The Morgan fingerprint density at radius 3 is 2.44 bits per heavy atom. The number of piperidine rings is 1. The first-order valence-electron chi connectivity index (χ1n) is 9.02. The molecule has 25 heavy (non-hydrogen) atoms. The number of hydrogen-bond acceptors (Lipinski definition) is 3. The van der Waals surface area contributed by atoms with Crippen LogP contribution in [0, 0.1) is 5.92 Å². The van der Waals surface area contributed by atoms with Crippen molar-refractivity contribution in [2.75, 3.05) is 26.2 Å². The topological polar surface area (TPSA) is 66.6 Å². The number of benzene rings is 1. The number of nitrogens with two attached hydrogens (primary N) is 1. The van der Waals surface area contributed by atoms with E-state index in [1.807, 2.05) is 40.1 Å². The van der Waals surface area contributed by atoms with E-state index in [-0.39, 0.29) is 18.3 Å². The summed E-state index contributed by atoms with van der Waals surface area (Å²) < 4.78 is 0. The van der Waals surface area contributed by atoms with Crippen LogP contribution in [-0.2, 0) is 9.59 Å². The van der Waals surface area contributed by atoms with Gasteiger partial charge in [0, 0.05) is 32.6 Å². The minimum atomic E-state index is -0.565. The predicted octanol–water partition coefficient (Wildman–Crippen LogP) is 2.36. The largest absolute Gasteiger partial charge is 0.343 e. The highest BCUT2D eigenvalue weighted by atomic mass is 35.5. The Morgan fingerprint density at radius 2 is 1.84 bits per heavy atom. The van der Waals surface area contributed by atoms with Crippen LogP contribution in [0.4, 0.5) is 0 Å². The molecule has 2 heterocycles. The number of hydrogen-bond donors (Lipinski definition) is 1. The standard InChI is InChI=1S/C19H27N3O2.ClH/c20-18(16-5-2-1-3-6-16)19(24)22-13-9-15(10-14-22)8-12-21-11-4-7-17(21)23;/h1-3,5-6,15,18H,4,7-14,20H2;1H/t18-;/m1./s1. The zero-order valence-electron chi connectivity index (χ0n) is 14.6. The van der Waals surface area contributed by atoms with Crippen LogP contribution >= 0.6 is 12.4 Å². The lowest BCUT2D eigenvalue weighted by molar-refractivity contribution is -0.134. The first-order chi connectivity index (χ1) is 11.6. The van der Waals surface area contributed by atoms with Gasteiger partial charge in [-0.05, 0) is 37.2 Å². The van der Waals surface area contributed by atoms with Crippen LogP contribution in [0.15, 0.2) is 30.3 Å². The fourth-order valence-corrected chi connectivity index (χ4v) is 3.72. The molecule has 2 aliphatic heterocycles. The third-order valence-corrected chi connectivity index (χ3v) is 5.33. The minimum absolute atomic E-state index is 0. The molecule has 3 rings (SSSR count). The van der Waals surface area contributed by atoms with Crippen molar-refractivity contribution in [3.8, 4) is 0 Å². The van der Waals surface area contributed by atoms with Gasteiger partial charge in [0.2, 0.25) is 11.8 Å². The Labute approximate surface area is 155 Å². The normalized spacial score (nSPS) is 19.6. The lowest BCUT2D eigenvalue weighted by atomic mass is 9.92. The van der Waals surface area contributed by atoms with E-state index in [9.17, 15) is 9.59 Å². The van der Waals surface area contributed by atoms with Crippen molar-refractivity contribution in [3.05, 3.63) is 35.9 Å². The molecular weight excluding hydrogens is 338 g/mol. The van der Waals surface area contributed by atoms with Crippen molar-refractivity contribution in [2.45, 2.75) is 38.1 Å². The molecule has 1 aromatic rings. The molecule has 0 aliphatic carbocycles. The highest BCUT2D eigenvalue weighted by Gasteiger charge is 2.28. The highest BCUT2D eigenvalue weighted by molar-refractivity contribution is 5.85. The second-order valence-electron chi connectivity index (χ2n) is 6.93. The van der Waals surface area contributed by atoms with E-state index in [1.165, 1.54) is 0 Å². The maximum atomic E-state index is 12.6. The summed E-state index contributed by atoms with van der Waals surface area (Å²) >= 11 is 0. The van der Waals surface area contributed by atoms with Gasteiger partial charge in [0.25, 0.3) is 0 Å². The highest BCUT2D eigenvalue weighted by Crippen LogP contribution is 2.24. The van der Waals surface area contributed by atoms with Crippen LogP contribution in [-0.4, -0.2) is 47.8 Å². The summed E-state index contributed by atoms with van der Waals surface area (Å²) in [6.07, 6.45) is 4.79. The van der Waals surface area contributed by atoms with E-state index in [0.717, 1.165) is 57.4 Å². The first kappa shape index (κ1) is 19.7. The number of likely N-dealkylation sites (tertiary alicyclic amines) is 2. The van der Waals surface area contributed by atoms with E-state index < -0.39 is 6.04 Å². The van der Waals surface area contributed by atoms with Crippen LogP contribution in [0.2, 0.25) is 0 Å². The molecule has 2 saturated heterocycles. The van der Waals surface area contributed by atoms with Gasteiger partial charge in [0.1, 0.15) is 6.04 Å². The molecule has 5 nitrogen and oxygen atoms in total. The molecule has 1 aromatic carbocycles. The van der Waals surface area contributed by atoms with Crippen LogP contribution in [0.5, 0.6) is 0 Å². The summed E-state index contributed by atoms with van der Waals surface area (Å²) in [5, 5.41) is 0. The van der Waals surface area contributed by atoms with Crippen molar-refractivity contribution < 1.29 is 9.59 Å². The molecule has 0 unspecified atom stereocenters. The van der Waals surface area contributed by atoms with Gasteiger partial charge in [-0.3, -0.25) is 9.59 Å².